The highest BCUT2D eigenvalue weighted by Gasteiger charge is 2.79. The average Bonchev–Trinajstić information content (AvgIpc) is 2.71. The quantitative estimate of drug-likeness (QED) is 0.128. The van der Waals surface area contributed by atoms with Crippen LogP contribution in [-0.2, 0) is 0 Å². The molecule has 0 amide bonds. The summed E-state index contributed by atoms with van der Waals surface area (Å²) in [5.41, 5.74) is 15.2. The highest BCUT2D eigenvalue weighted by atomic mass is 14.8. The minimum atomic E-state index is 0.261. The van der Waals surface area contributed by atoms with E-state index in [-0.39, 0.29) is 59.2 Å². The molecule has 0 spiro atoms. The van der Waals surface area contributed by atoms with Crippen molar-refractivity contribution in [3.8, 4) is 0 Å². The van der Waals surface area contributed by atoms with Crippen molar-refractivity contribution in [1.29, 1.82) is 0 Å². The van der Waals surface area contributed by atoms with Crippen LogP contribution < -0.4 is 0 Å². The Bertz CT molecular complexity index is 2840. The van der Waals surface area contributed by atoms with Gasteiger partial charge in [-0.15, -0.1) is 0 Å². The topological polar surface area (TPSA) is 0 Å². The normalized spacial score (nSPS) is 34.2. The van der Waals surface area contributed by atoms with Crippen molar-refractivity contribution in [3.05, 3.63) is 359 Å². The molecule has 6 fully saturated rings. The van der Waals surface area contributed by atoms with Gasteiger partial charge in [-0.3, -0.25) is 0 Å². The van der Waals surface area contributed by atoms with Crippen molar-refractivity contribution in [3.63, 3.8) is 0 Å². The minimum Gasteiger partial charge on any atom is -0.0622 e. The molecule has 10 atom stereocenters. The molecule has 0 saturated heterocycles. The molecule has 80 heavy (non-hydrogen) atoms. The SMILES string of the molecule is c1ccc(C2C(c3ccccc3)C3C(c4ccccc4)C(c4ccccc4)C4C(c5ccccc5)C(c5ccccc5)C5C(c6ccccc6)C(c6ccccc6)C6C(c7ccccc7)C(c7ccccc7)C2C2C3C4C5C62)cc1. The summed E-state index contributed by atoms with van der Waals surface area (Å²) in [4.78, 5) is 0. The van der Waals surface area contributed by atoms with Crippen molar-refractivity contribution < 1.29 is 0 Å². The molecular formula is C80H70. The summed E-state index contributed by atoms with van der Waals surface area (Å²) in [5, 5.41) is 0. The van der Waals surface area contributed by atoms with Crippen LogP contribution in [0.1, 0.15) is 115 Å². The minimum absolute atomic E-state index is 0.261. The van der Waals surface area contributed by atoms with Crippen molar-refractivity contribution in [1.82, 2.24) is 0 Å². The smallest absolute Gasteiger partial charge is 0.00529 e. The average molecular weight is 1030 g/mol. The van der Waals surface area contributed by atoms with Gasteiger partial charge in [0.1, 0.15) is 0 Å². The molecule has 6 aliphatic rings. The van der Waals surface area contributed by atoms with E-state index in [0.717, 1.165) is 0 Å². The molecule has 10 unspecified atom stereocenters. The molecule has 0 heteroatoms. The Labute approximate surface area is 474 Å². The first-order valence-corrected chi connectivity index (χ1v) is 30.3. The predicted molar refractivity (Wildman–Crippen MR) is 327 cm³/mol. The fourth-order valence-electron chi connectivity index (χ4n) is 20.8. The second-order valence-corrected chi connectivity index (χ2v) is 25.1. The molecular weight excluding hydrogens is 961 g/mol. The zero-order valence-corrected chi connectivity index (χ0v) is 45.4. The van der Waals surface area contributed by atoms with Gasteiger partial charge in [0.05, 0.1) is 0 Å². The first kappa shape index (κ1) is 48.1. The van der Waals surface area contributed by atoms with Crippen LogP contribution in [0.5, 0.6) is 0 Å². The van der Waals surface area contributed by atoms with Crippen molar-refractivity contribution in [2.45, 2.75) is 59.2 Å². The second kappa shape index (κ2) is 20.1. The fourth-order valence-corrected chi connectivity index (χ4v) is 20.8. The number of benzene rings is 10. The zero-order chi connectivity index (χ0) is 52.7. The van der Waals surface area contributed by atoms with Crippen LogP contribution in [0.3, 0.4) is 0 Å². The van der Waals surface area contributed by atoms with Gasteiger partial charge in [-0.1, -0.05) is 303 Å². The molecule has 16 rings (SSSR count). The molecule has 0 aliphatic heterocycles. The lowest BCUT2D eigenvalue weighted by atomic mass is 9.38. The largest absolute Gasteiger partial charge is 0.0622 e. The molecule has 6 saturated carbocycles. The van der Waals surface area contributed by atoms with E-state index < -0.39 is 0 Å². The predicted octanol–water partition coefficient (Wildman–Crippen LogP) is 19.1. The van der Waals surface area contributed by atoms with Crippen LogP contribution in [-0.4, -0.2) is 0 Å². The Kier molecular flexibility index (Phi) is 12.1. The zero-order valence-electron chi connectivity index (χ0n) is 45.4. The maximum absolute atomic E-state index is 2.56. The Morgan fingerprint density at radius 3 is 0.275 bits per heavy atom. The Balaban J connectivity index is 1.11. The van der Waals surface area contributed by atoms with Crippen LogP contribution in [0.2, 0.25) is 0 Å². The standard InChI is InChI=1S/C80H70/c1-11-31-51(32-12-1)61-62(52-33-13-2-14-34-52)72-65(55-39-19-5-20-40-55)66(56-41-21-6-22-42-56)74-69(59-47-27-9-28-48-59)70(60-49-29-10-30-50-60)75-68(58-45-25-8-26-46-58)67(57-43-23-7-24-44-57)73-64(54-37-17-4-18-38-54)63(53-35-15-3-16-36-53)71(61)76-77(72)79(74)80(75)78(73)76/h1-50,61-80H. The van der Waals surface area contributed by atoms with Crippen LogP contribution in [0.4, 0.5) is 0 Å². The Morgan fingerprint density at radius 2 is 0.188 bits per heavy atom. The molecule has 10 aromatic carbocycles. The summed E-state index contributed by atoms with van der Waals surface area (Å²) >= 11 is 0. The van der Waals surface area contributed by atoms with E-state index in [1.807, 2.05) is 0 Å². The lowest BCUT2D eigenvalue weighted by Crippen LogP contribution is -2.57. The van der Waals surface area contributed by atoms with Crippen molar-refractivity contribution >= 4 is 0 Å². The molecule has 6 aliphatic carbocycles. The molecule has 10 aromatic rings. The summed E-state index contributed by atoms with van der Waals surface area (Å²) in [5.74, 6) is 6.78. The number of rotatable bonds is 10. The lowest BCUT2D eigenvalue weighted by molar-refractivity contribution is -0.0797. The molecule has 0 aromatic heterocycles. The molecule has 0 nitrogen and oxygen atoms in total. The van der Waals surface area contributed by atoms with Gasteiger partial charge in [-0.25, -0.2) is 0 Å². The summed E-state index contributed by atoms with van der Waals surface area (Å²) in [6, 6.07) is 121. The highest BCUT2D eigenvalue weighted by Crippen LogP contribution is 2.86. The van der Waals surface area contributed by atoms with Gasteiger partial charge >= 0.3 is 0 Å². The van der Waals surface area contributed by atoms with E-state index in [4.69, 9.17) is 0 Å². The highest BCUT2D eigenvalue weighted by molar-refractivity contribution is 5.51. The molecule has 0 radical (unpaired) electrons. The van der Waals surface area contributed by atoms with Crippen LogP contribution >= 0.6 is 0 Å². The van der Waals surface area contributed by atoms with Gasteiger partial charge < -0.3 is 0 Å². The van der Waals surface area contributed by atoms with Gasteiger partial charge in [0.15, 0.2) is 0 Å². The van der Waals surface area contributed by atoms with E-state index in [1.165, 1.54) is 55.6 Å². The molecule has 0 N–H and O–H groups in total. The van der Waals surface area contributed by atoms with Crippen LogP contribution in [0.25, 0.3) is 0 Å². The summed E-state index contributed by atoms with van der Waals surface area (Å²) in [6.45, 7) is 0. The Hall–Kier alpha value is -7.80. The van der Waals surface area contributed by atoms with Crippen LogP contribution in [0, 0.1) is 59.2 Å². The maximum Gasteiger partial charge on any atom is -0.00529 e. The van der Waals surface area contributed by atoms with Gasteiger partial charge in [-0.2, -0.15) is 0 Å². The van der Waals surface area contributed by atoms with Gasteiger partial charge in [0.25, 0.3) is 0 Å². The monoisotopic (exact) mass is 1030 g/mol. The Morgan fingerprint density at radius 1 is 0.100 bits per heavy atom. The molecule has 0 heterocycles. The van der Waals surface area contributed by atoms with E-state index >= 15 is 0 Å². The summed E-state index contributed by atoms with van der Waals surface area (Å²) in [7, 11) is 0. The third kappa shape index (κ3) is 7.47. The fraction of sp³-hybridized carbons (Fsp3) is 0.250. The first-order chi connectivity index (χ1) is 39.8. The summed E-state index contributed by atoms with van der Waals surface area (Å²) < 4.78 is 0. The van der Waals surface area contributed by atoms with E-state index in [1.54, 1.807) is 0 Å². The number of hydrogen-bond acceptors (Lipinski definition) is 0. The van der Waals surface area contributed by atoms with Gasteiger partial charge in [0, 0.05) is 0 Å². The molecule has 0 bridgehead atoms. The molecule has 390 valence electrons. The van der Waals surface area contributed by atoms with Crippen molar-refractivity contribution in [2.24, 2.45) is 59.2 Å². The van der Waals surface area contributed by atoms with E-state index in [0.29, 0.717) is 59.2 Å². The van der Waals surface area contributed by atoms with Gasteiger partial charge in [0.2, 0.25) is 0 Å². The third-order valence-corrected chi connectivity index (χ3v) is 22.4. The maximum atomic E-state index is 2.56. The van der Waals surface area contributed by atoms with Crippen molar-refractivity contribution in [2.75, 3.05) is 0 Å². The lowest BCUT2D eigenvalue weighted by Gasteiger charge is -2.65. The van der Waals surface area contributed by atoms with Crippen LogP contribution in [0.15, 0.2) is 303 Å². The van der Waals surface area contributed by atoms with E-state index in [2.05, 4.69) is 303 Å². The third-order valence-electron chi connectivity index (χ3n) is 22.4. The second-order valence-electron chi connectivity index (χ2n) is 25.1. The van der Waals surface area contributed by atoms with E-state index in [9.17, 15) is 0 Å². The van der Waals surface area contributed by atoms with Gasteiger partial charge in [-0.05, 0) is 174 Å². The summed E-state index contributed by atoms with van der Waals surface area (Å²) in [6.07, 6.45) is 0. The first-order valence-electron chi connectivity index (χ1n) is 30.3. The number of hydrogen-bond donors (Lipinski definition) is 0.